The van der Waals surface area contributed by atoms with Gasteiger partial charge >= 0.3 is 0 Å². The maximum absolute atomic E-state index is 4.16. The monoisotopic (exact) mass is 210 g/mol. The van der Waals surface area contributed by atoms with E-state index in [4.69, 9.17) is 0 Å². The molecule has 1 N–H and O–H groups in total. The Labute approximate surface area is 92.3 Å². The standard InChI is InChI=1S/C11H22N4/c1-5-14(3)9-8-12-10(2)11-6-7-13-15(11)4/h6-7,10,12H,5,8-9H2,1-4H3. The summed E-state index contributed by atoms with van der Waals surface area (Å²) in [7, 11) is 4.11. The van der Waals surface area contributed by atoms with E-state index in [-0.39, 0.29) is 0 Å². The number of nitrogens with one attached hydrogen (secondary N) is 1. The Morgan fingerprint density at radius 3 is 2.87 bits per heavy atom. The van der Waals surface area contributed by atoms with Crippen molar-refractivity contribution in [2.75, 3.05) is 26.7 Å². The molecule has 1 unspecified atom stereocenters. The second-order valence-corrected chi connectivity index (χ2v) is 3.95. The summed E-state index contributed by atoms with van der Waals surface area (Å²) < 4.78 is 1.92. The number of nitrogens with zero attached hydrogens (tertiary/aromatic N) is 3. The molecule has 15 heavy (non-hydrogen) atoms. The van der Waals surface area contributed by atoms with E-state index in [9.17, 15) is 0 Å². The van der Waals surface area contributed by atoms with Crippen molar-refractivity contribution in [1.82, 2.24) is 20.0 Å². The van der Waals surface area contributed by atoms with Gasteiger partial charge in [0.25, 0.3) is 0 Å². The average Bonchev–Trinajstić information content (AvgIpc) is 2.64. The molecule has 0 spiro atoms. The molecule has 0 bridgehead atoms. The molecule has 1 atom stereocenters. The summed E-state index contributed by atoms with van der Waals surface area (Å²) in [6.07, 6.45) is 1.84. The van der Waals surface area contributed by atoms with Crippen molar-refractivity contribution >= 4 is 0 Å². The first-order chi connectivity index (χ1) is 7.15. The van der Waals surface area contributed by atoms with E-state index < -0.39 is 0 Å². The van der Waals surface area contributed by atoms with Crippen molar-refractivity contribution in [2.45, 2.75) is 19.9 Å². The molecule has 1 aromatic heterocycles. The highest BCUT2D eigenvalue weighted by molar-refractivity contribution is 5.05. The molecule has 1 rings (SSSR count). The first kappa shape index (κ1) is 12.2. The van der Waals surface area contributed by atoms with Crippen molar-refractivity contribution in [3.8, 4) is 0 Å². The Hall–Kier alpha value is -0.870. The zero-order valence-corrected chi connectivity index (χ0v) is 10.2. The fourth-order valence-electron chi connectivity index (χ4n) is 1.54. The van der Waals surface area contributed by atoms with Crippen LogP contribution in [0, 0.1) is 0 Å². The highest BCUT2D eigenvalue weighted by atomic mass is 15.3. The van der Waals surface area contributed by atoms with Crippen LogP contribution in [0.5, 0.6) is 0 Å². The predicted octanol–water partition coefficient (Wildman–Crippen LogP) is 1.02. The molecule has 4 heteroatoms. The summed E-state index contributed by atoms with van der Waals surface area (Å²) >= 11 is 0. The molecular weight excluding hydrogens is 188 g/mol. The van der Waals surface area contributed by atoms with E-state index in [1.54, 1.807) is 0 Å². The Kier molecular flexibility index (Phi) is 4.78. The summed E-state index contributed by atoms with van der Waals surface area (Å²) in [5.74, 6) is 0. The summed E-state index contributed by atoms with van der Waals surface area (Å²) in [6, 6.07) is 2.42. The molecule has 0 saturated heterocycles. The zero-order chi connectivity index (χ0) is 11.3. The molecule has 0 aliphatic heterocycles. The van der Waals surface area contributed by atoms with Gasteiger partial charge in [-0.05, 0) is 26.6 Å². The Balaban J connectivity index is 2.31. The minimum Gasteiger partial charge on any atom is -0.308 e. The number of aromatic nitrogens is 2. The van der Waals surface area contributed by atoms with Crippen LogP contribution in [-0.4, -0.2) is 41.4 Å². The second kappa shape index (κ2) is 5.88. The SMILES string of the molecule is CCN(C)CCNC(C)c1ccnn1C. The second-order valence-electron chi connectivity index (χ2n) is 3.95. The quantitative estimate of drug-likeness (QED) is 0.761. The van der Waals surface area contributed by atoms with Crippen LogP contribution in [0.3, 0.4) is 0 Å². The van der Waals surface area contributed by atoms with E-state index in [0.717, 1.165) is 19.6 Å². The lowest BCUT2D eigenvalue weighted by Crippen LogP contribution is -2.31. The minimum atomic E-state index is 0.364. The normalized spacial score (nSPS) is 13.4. The van der Waals surface area contributed by atoms with Crippen LogP contribution in [0.4, 0.5) is 0 Å². The van der Waals surface area contributed by atoms with Crippen molar-refractivity contribution in [3.05, 3.63) is 18.0 Å². The first-order valence-corrected chi connectivity index (χ1v) is 5.55. The first-order valence-electron chi connectivity index (χ1n) is 5.55. The molecule has 0 amide bonds. The number of hydrogen-bond acceptors (Lipinski definition) is 3. The van der Waals surface area contributed by atoms with Crippen molar-refractivity contribution in [1.29, 1.82) is 0 Å². The summed E-state index contributed by atoms with van der Waals surface area (Å²) in [5.41, 5.74) is 1.23. The third-order valence-electron chi connectivity index (χ3n) is 2.79. The molecule has 1 heterocycles. The number of hydrogen-bond donors (Lipinski definition) is 1. The number of rotatable bonds is 6. The lowest BCUT2D eigenvalue weighted by atomic mass is 10.2. The maximum atomic E-state index is 4.16. The van der Waals surface area contributed by atoms with Gasteiger partial charge in [0.05, 0.1) is 5.69 Å². The van der Waals surface area contributed by atoms with Gasteiger partial charge in [-0.1, -0.05) is 6.92 Å². The van der Waals surface area contributed by atoms with E-state index >= 15 is 0 Å². The molecule has 0 saturated carbocycles. The predicted molar refractivity (Wildman–Crippen MR) is 62.8 cm³/mol. The smallest absolute Gasteiger partial charge is 0.0547 e. The van der Waals surface area contributed by atoms with E-state index in [1.807, 2.05) is 17.9 Å². The maximum Gasteiger partial charge on any atom is 0.0547 e. The van der Waals surface area contributed by atoms with Crippen LogP contribution < -0.4 is 5.32 Å². The van der Waals surface area contributed by atoms with Gasteiger partial charge in [0.2, 0.25) is 0 Å². The van der Waals surface area contributed by atoms with Gasteiger partial charge in [-0.15, -0.1) is 0 Å². The molecule has 0 radical (unpaired) electrons. The van der Waals surface area contributed by atoms with Gasteiger partial charge in [-0.25, -0.2) is 0 Å². The Morgan fingerprint density at radius 2 is 2.33 bits per heavy atom. The van der Waals surface area contributed by atoms with Gasteiger partial charge in [0.15, 0.2) is 0 Å². The van der Waals surface area contributed by atoms with Crippen molar-refractivity contribution < 1.29 is 0 Å². The summed E-state index contributed by atoms with van der Waals surface area (Å²) in [6.45, 7) is 7.53. The van der Waals surface area contributed by atoms with Gasteiger partial charge < -0.3 is 10.2 Å². The van der Waals surface area contributed by atoms with E-state index in [1.165, 1.54) is 5.69 Å². The van der Waals surface area contributed by atoms with Gasteiger partial charge in [-0.2, -0.15) is 5.10 Å². The molecule has 0 aliphatic carbocycles. The van der Waals surface area contributed by atoms with Crippen LogP contribution in [0.15, 0.2) is 12.3 Å². The molecule has 0 aromatic carbocycles. The summed E-state index contributed by atoms with van der Waals surface area (Å²) in [5, 5.41) is 7.65. The van der Waals surface area contributed by atoms with E-state index in [2.05, 4.69) is 42.3 Å². The van der Waals surface area contributed by atoms with Crippen LogP contribution >= 0.6 is 0 Å². The van der Waals surface area contributed by atoms with E-state index in [0.29, 0.717) is 6.04 Å². The highest BCUT2D eigenvalue weighted by Crippen LogP contribution is 2.09. The average molecular weight is 210 g/mol. The van der Waals surface area contributed by atoms with Crippen molar-refractivity contribution in [2.24, 2.45) is 7.05 Å². The third-order valence-corrected chi connectivity index (χ3v) is 2.79. The molecule has 0 aliphatic rings. The third kappa shape index (κ3) is 3.64. The topological polar surface area (TPSA) is 33.1 Å². The van der Waals surface area contributed by atoms with Crippen LogP contribution in [-0.2, 0) is 7.05 Å². The Morgan fingerprint density at radius 1 is 1.60 bits per heavy atom. The fraction of sp³-hybridized carbons (Fsp3) is 0.727. The van der Waals surface area contributed by atoms with Crippen LogP contribution in [0.25, 0.3) is 0 Å². The van der Waals surface area contributed by atoms with Gasteiger partial charge in [0, 0.05) is 32.4 Å². The molecule has 0 fully saturated rings. The van der Waals surface area contributed by atoms with Gasteiger partial charge in [0.1, 0.15) is 0 Å². The van der Waals surface area contributed by atoms with Crippen molar-refractivity contribution in [3.63, 3.8) is 0 Å². The number of likely N-dealkylation sites (N-methyl/N-ethyl adjacent to an activating group) is 1. The molecular formula is C11H22N4. The zero-order valence-electron chi connectivity index (χ0n) is 10.2. The lowest BCUT2D eigenvalue weighted by molar-refractivity contribution is 0.340. The fourth-order valence-corrected chi connectivity index (χ4v) is 1.54. The molecule has 1 aromatic rings. The van der Waals surface area contributed by atoms with Crippen LogP contribution in [0.1, 0.15) is 25.6 Å². The molecule has 4 nitrogen and oxygen atoms in total. The minimum absolute atomic E-state index is 0.364. The largest absolute Gasteiger partial charge is 0.308 e. The lowest BCUT2D eigenvalue weighted by Gasteiger charge is -2.18. The summed E-state index contributed by atoms with van der Waals surface area (Å²) in [4.78, 5) is 2.29. The van der Waals surface area contributed by atoms with Crippen LogP contribution in [0.2, 0.25) is 0 Å². The Bertz CT molecular complexity index is 282. The number of aryl methyl sites for hydroxylation is 1. The molecule has 86 valence electrons. The van der Waals surface area contributed by atoms with Gasteiger partial charge in [-0.3, -0.25) is 4.68 Å². The highest BCUT2D eigenvalue weighted by Gasteiger charge is 2.07.